The third-order valence-electron chi connectivity index (χ3n) is 7.97. The van der Waals surface area contributed by atoms with E-state index in [4.69, 9.17) is 11.6 Å². The van der Waals surface area contributed by atoms with E-state index in [1.807, 2.05) is 30.0 Å². The predicted octanol–water partition coefficient (Wildman–Crippen LogP) is 4.20. The number of para-hydroxylation sites is 1. The highest BCUT2D eigenvalue weighted by atomic mass is 35.5. The molecule has 0 bridgehead atoms. The Morgan fingerprint density at radius 1 is 1.09 bits per heavy atom. The van der Waals surface area contributed by atoms with Crippen molar-refractivity contribution >= 4 is 40.7 Å². The summed E-state index contributed by atoms with van der Waals surface area (Å²) in [4.78, 5) is 46.3. The molecule has 10 heteroatoms. The zero-order chi connectivity index (χ0) is 24.9. The number of nitrogens with zero attached hydrogens (tertiary/aromatic N) is 3. The second-order valence-corrected chi connectivity index (χ2v) is 9.82. The number of carbonyl (C=O) groups is 3. The van der Waals surface area contributed by atoms with Crippen LogP contribution in [0, 0.1) is 11.8 Å². The van der Waals surface area contributed by atoms with Crippen molar-refractivity contribution in [3.63, 3.8) is 0 Å². The van der Waals surface area contributed by atoms with Gasteiger partial charge in [-0.25, -0.2) is 4.90 Å². The van der Waals surface area contributed by atoms with E-state index < -0.39 is 46.0 Å². The molecule has 0 radical (unpaired) electrons. The first kappa shape index (κ1) is 22.5. The van der Waals surface area contributed by atoms with E-state index in [-0.39, 0.29) is 17.6 Å². The van der Waals surface area contributed by atoms with Crippen LogP contribution >= 0.6 is 11.6 Å². The lowest BCUT2D eigenvalue weighted by molar-refractivity contribution is -0.137. The quantitative estimate of drug-likeness (QED) is 0.576. The number of anilines is 2. The summed E-state index contributed by atoms with van der Waals surface area (Å²) in [6.45, 7) is 2.81. The molecule has 0 saturated carbocycles. The zero-order valence-electron chi connectivity index (χ0n) is 18.7. The minimum Gasteiger partial charge on any atom is -0.310 e. The number of fused-ring (bicyclic) bond motifs is 7. The summed E-state index contributed by atoms with van der Waals surface area (Å²) in [6, 6.07) is 9.96. The minimum absolute atomic E-state index is 0.183. The van der Waals surface area contributed by atoms with Crippen molar-refractivity contribution in [1.82, 2.24) is 4.90 Å². The standard InChI is InChI=1S/C25H21ClF3N3O3/c1-2-30-17-7-4-3-6-14(17)24(23(30)35)20-19(18-8-5-11-31(18)24)21(33)32(22(20)34)13-9-10-16(26)15(12-13)25(27,28)29/h3-4,6-7,9-10,12,18-20H,2,5,8,11H2,1H3/t18-,19-,20+,24+/m1/s1. The molecule has 4 aliphatic heterocycles. The zero-order valence-corrected chi connectivity index (χ0v) is 19.4. The SMILES string of the molecule is CCN1C(=O)[C@]2(c3ccccc31)[C@@H]1C(=O)N(c3ccc(Cl)c(C(F)(F)F)c3)C(=O)[C@@H]1[C@H]1CCCN12. The Balaban J connectivity index is 1.53. The number of carbonyl (C=O) groups excluding carboxylic acids is 3. The van der Waals surface area contributed by atoms with Gasteiger partial charge in [-0.15, -0.1) is 0 Å². The Morgan fingerprint density at radius 3 is 2.54 bits per heavy atom. The highest BCUT2D eigenvalue weighted by Crippen LogP contribution is 2.61. The molecule has 6 nitrogen and oxygen atoms in total. The third kappa shape index (κ3) is 2.68. The van der Waals surface area contributed by atoms with Crippen molar-refractivity contribution in [3.8, 4) is 0 Å². The fraction of sp³-hybridized carbons (Fsp3) is 0.400. The average molecular weight is 504 g/mol. The van der Waals surface area contributed by atoms with Crippen LogP contribution in [0.3, 0.4) is 0 Å². The first-order chi connectivity index (χ1) is 16.6. The van der Waals surface area contributed by atoms with Gasteiger partial charge in [-0.2, -0.15) is 13.2 Å². The molecule has 4 aliphatic rings. The lowest BCUT2D eigenvalue weighted by Crippen LogP contribution is -2.56. The van der Waals surface area contributed by atoms with E-state index in [0.29, 0.717) is 30.8 Å². The summed E-state index contributed by atoms with van der Waals surface area (Å²) in [7, 11) is 0. The molecule has 3 fully saturated rings. The summed E-state index contributed by atoms with van der Waals surface area (Å²) in [6.07, 6.45) is -3.36. The maximum absolute atomic E-state index is 14.1. The number of hydrogen-bond donors (Lipinski definition) is 0. The summed E-state index contributed by atoms with van der Waals surface area (Å²) in [5.41, 5.74) is -1.26. The van der Waals surface area contributed by atoms with Crippen molar-refractivity contribution in [2.45, 2.75) is 37.5 Å². The Morgan fingerprint density at radius 2 is 1.83 bits per heavy atom. The molecule has 0 unspecified atom stereocenters. The van der Waals surface area contributed by atoms with Gasteiger partial charge in [0.15, 0.2) is 0 Å². The van der Waals surface area contributed by atoms with Gasteiger partial charge < -0.3 is 4.90 Å². The highest BCUT2D eigenvalue weighted by molar-refractivity contribution is 6.32. The summed E-state index contributed by atoms with van der Waals surface area (Å²) >= 11 is 5.77. The molecule has 2 aromatic carbocycles. The van der Waals surface area contributed by atoms with Crippen molar-refractivity contribution < 1.29 is 27.6 Å². The first-order valence-corrected chi connectivity index (χ1v) is 11.9. The normalized spacial score (nSPS) is 30.0. The van der Waals surface area contributed by atoms with Crippen LogP contribution in [0.4, 0.5) is 24.5 Å². The Labute approximate surface area is 204 Å². The number of imide groups is 1. The van der Waals surface area contributed by atoms with Crippen molar-refractivity contribution in [2.75, 3.05) is 22.9 Å². The predicted molar refractivity (Wildman–Crippen MR) is 122 cm³/mol. The number of rotatable bonds is 2. The fourth-order valence-electron chi connectivity index (χ4n) is 6.78. The van der Waals surface area contributed by atoms with E-state index in [1.165, 1.54) is 6.07 Å². The minimum atomic E-state index is -4.75. The van der Waals surface area contributed by atoms with E-state index in [2.05, 4.69) is 0 Å². The summed E-state index contributed by atoms with van der Waals surface area (Å²) in [5, 5.41) is -0.516. The van der Waals surface area contributed by atoms with Gasteiger partial charge in [0.2, 0.25) is 11.8 Å². The van der Waals surface area contributed by atoms with Crippen LogP contribution in [0.25, 0.3) is 0 Å². The third-order valence-corrected chi connectivity index (χ3v) is 8.30. The van der Waals surface area contributed by atoms with Gasteiger partial charge in [0.25, 0.3) is 5.91 Å². The second-order valence-electron chi connectivity index (χ2n) is 9.41. The molecule has 35 heavy (non-hydrogen) atoms. The molecule has 4 atom stereocenters. The van der Waals surface area contributed by atoms with Crippen molar-refractivity contribution in [2.24, 2.45) is 11.8 Å². The molecule has 182 valence electrons. The maximum Gasteiger partial charge on any atom is 0.417 e. The molecule has 1 spiro atoms. The Hall–Kier alpha value is -2.91. The lowest BCUT2D eigenvalue weighted by Gasteiger charge is -2.37. The van der Waals surface area contributed by atoms with Gasteiger partial charge in [-0.3, -0.25) is 19.3 Å². The number of likely N-dealkylation sites (N-methyl/N-ethyl adjacent to an activating group) is 1. The van der Waals surface area contributed by atoms with Crippen LogP contribution < -0.4 is 9.80 Å². The van der Waals surface area contributed by atoms with Crippen LogP contribution in [0.1, 0.15) is 30.9 Å². The van der Waals surface area contributed by atoms with Crippen LogP contribution in [0.2, 0.25) is 5.02 Å². The van der Waals surface area contributed by atoms with Crippen LogP contribution in [0.15, 0.2) is 42.5 Å². The van der Waals surface area contributed by atoms with E-state index in [9.17, 15) is 27.6 Å². The lowest BCUT2D eigenvalue weighted by atomic mass is 9.75. The molecule has 0 aromatic heterocycles. The van der Waals surface area contributed by atoms with E-state index in [1.54, 1.807) is 11.0 Å². The van der Waals surface area contributed by atoms with Crippen LogP contribution in [-0.2, 0) is 26.1 Å². The van der Waals surface area contributed by atoms with Crippen molar-refractivity contribution in [3.05, 3.63) is 58.6 Å². The number of halogens is 4. The van der Waals surface area contributed by atoms with Crippen molar-refractivity contribution in [1.29, 1.82) is 0 Å². The van der Waals surface area contributed by atoms with Crippen LogP contribution in [-0.4, -0.2) is 41.8 Å². The maximum atomic E-state index is 14.1. The largest absolute Gasteiger partial charge is 0.417 e. The average Bonchev–Trinajstić information content (AvgIpc) is 3.51. The molecule has 3 saturated heterocycles. The van der Waals surface area contributed by atoms with Gasteiger partial charge in [-0.1, -0.05) is 29.8 Å². The van der Waals surface area contributed by atoms with Gasteiger partial charge in [0.1, 0.15) is 5.54 Å². The molecular formula is C25H21ClF3N3O3. The van der Waals surface area contributed by atoms with Gasteiger partial charge >= 0.3 is 6.18 Å². The van der Waals surface area contributed by atoms with Gasteiger partial charge in [0.05, 0.1) is 28.1 Å². The molecule has 4 heterocycles. The molecule has 0 aliphatic carbocycles. The Bertz CT molecular complexity index is 1300. The van der Waals surface area contributed by atoms with Gasteiger partial charge in [-0.05, 0) is 50.6 Å². The molecule has 6 rings (SSSR count). The first-order valence-electron chi connectivity index (χ1n) is 11.6. The number of alkyl halides is 3. The summed E-state index contributed by atoms with van der Waals surface area (Å²) < 4.78 is 40.6. The van der Waals surface area contributed by atoms with Crippen LogP contribution in [0.5, 0.6) is 0 Å². The Kier molecular flexibility index (Phi) is 4.70. The molecular weight excluding hydrogens is 483 g/mol. The van der Waals surface area contributed by atoms with E-state index in [0.717, 1.165) is 23.5 Å². The smallest absolute Gasteiger partial charge is 0.310 e. The number of benzene rings is 2. The highest BCUT2D eigenvalue weighted by Gasteiger charge is 2.75. The molecule has 3 amide bonds. The number of amides is 3. The number of hydrogen-bond acceptors (Lipinski definition) is 4. The molecule has 0 N–H and O–H groups in total. The fourth-order valence-corrected chi connectivity index (χ4v) is 7.00. The topological polar surface area (TPSA) is 60.9 Å². The van der Waals surface area contributed by atoms with E-state index >= 15 is 0 Å². The molecule has 2 aromatic rings. The van der Waals surface area contributed by atoms with Gasteiger partial charge in [0, 0.05) is 23.8 Å². The monoisotopic (exact) mass is 503 g/mol. The second kappa shape index (κ2) is 7.30. The summed E-state index contributed by atoms with van der Waals surface area (Å²) in [5.74, 6) is -3.30.